The quantitative estimate of drug-likeness (QED) is 0.602. The van der Waals surface area contributed by atoms with E-state index in [0.29, 0.717) is 37.6 Å². The lowest BCUT2D eigenvalue weighted by Gasteiger charge is -2.30. The van der Waals surface area contributed by atoms with Gasteiger partial charge in [0.15, 0.2) is 0 Å². The molecule has 1 aliphatic rings. The highest BCUT2D eigenvalue weighted by Crippen LogP contribution is 2.30. The molecule has 2 heterocycles. The van der Waals surface area contributed by atoms with Crippen LogP contribution in [0.15, 0.2) is 35.7 Å². The van der Waals surface area contributed by atoms with E-state index in [9.17, 15) is 14.9 Å². The molecule has 3 rings (SSSR count). The van der Waals surface area contributed by atoms with Crippen molar-refractivity contribution >= 4 is 28.6 Å². The number of non-ortho nitro benzene ring substituents is 1. The Balaban J connectivity index is 1.93. The van der Waals surface area contributed by atoms with Gasteiger partial charge in [0.25, 0.3) is 11.6 Å². The topological polar surface area (TPSA) is 84.7 Å². The van der Waals surface area contributed by atoms with E-state index in [0.717, 1.165) is 4.88 Å². The average Bonchev–Trinajstić information content (AvgIpc) is 3.20. The zero-order chi connectivity index (χ0) is 19.4. The molecule has 1 fully saturated rings. The summed E-state index contributed by atoms with van der Waals surface area (Å²) in [6, 6.07) is 8.27. The Morgan fingerprint density at radius 3 is 2.63 bits per heavy atom. The smallest absolute Gasteiger partial charge is 0.270 e. The molecule has 2 aromatic rings. The molecule has 0 radical (unpaired) electrons. The third-order valence-corrected chi connectivity index (χ3v) is 5.55. The number of nitrogens with zero attached hydrogens (tertiary/aromatic N) is 2. The number of carbonyl (C=O) groups is 1. The van der Waals surface area contributed by atoms with Gasteiger partial charge in [0.1, 0.15) is 0 Å². The molecule has 144 valence electrons. The molecule has 1 amide bonds. The van der Waals surface area contributed by atoms with Crippen LogP contribution in [-0.4, -0.2) is 37.1 Å². The lowest BCUT2D eigenvalue weighted by atomic mass is 10.0. The lowest BCUT2D eigenvalue weighted by Crippen LogP contribution is -2.38. The summed E-state index contributed by atoms with van der Waals surface area (Å²) in [4.78, 5) is 27.0. The number of nitro benzene ring substituents is 1. The van der Waals surface area contributed by atoms with Crippen LogP contribution < -0.4 is 10.2 Å². The number of thiophene rings is 1. The van der Waals surface area contributed by atoms with Crippen LogP contribution in [-0.2, 0) is 4.74 Å². The van der Waals surface area contributed by atoms with Crippen molar-refractivity contribution in [1.29, 1.82) is 0 Å². The number of morpholine rings is 1. The van der Waals surface area contributed by atoms with Gasteiger partial charge >= 0.3 is 0 Å². The Labute approximate surface area is 162 Å². The summed E-state index contributed by atoms with van der Waals surface area (Å²) in [5.74, 6) is -0.106. The minimum Gasteiger partial charge on any atom is -0.378 e. The molecule has 1 atom stereocenters. The first-order chi connectivity index (χ1) is 13.0. The molecular weight excluding hydrogens is 366 g/mol. The number of hydrogen-bond acceptors (Lipinski definition) is 6. The fourth-order valence-electron chi connectivity index (χ4n) is 3.15. The van der Waals surface area contributed by atoms with Crippen molar-refractivity contribution in [3.63, 3.8) is 0 Å². The Kier molecular flexibility index (Phi) is 6.08. The summed E-state index contributed by atoms with van der Waals surface area (Å²) in [7, 11) is 0. The van der Waals surface area contributed by atoms with Crippen LogP contribution in [0.4, 0.5) is 11.4 Å². The summed E-state index contributed by atoms with van der Waals surface area (Å²) in [6.07, 6.45) is 0. The van der Waals surface area contributed by atoms with Gasteiger partial charge in [-0.1, -0.05) is 19.9 Å². The number of nitro groups is 1. The number of nitrogens with one attached hydrogen (secondary N) is 1. The van der Waals surface area contributed by atoms with Gasteiger partial charge in [-0.2, -0.15) is 0 Å². The molecule has 27 heavy (non-hydrogen) atoms. The summed E-state index contributed by atoms with van der Waals surface area (Å²) < 4.78 is 5.38. The number of benzene rings is 1. The first-order valence-electron chi connectivity index (χ1n) is 8.92. The standard InChI is InChI=1S/C19H23N3O4S/c1-13(2)18(17-4-3-11-27-17)20-19(23)15-12-14(22(24)25)5-6-16(15)21-7-9-26-10-8-21/h3-6,11-13,18H,7-10H2,1-2H3,(H,20,23)/t18-/m1/s1. The molecule has 0 spiro atoms. The number of hydrogen-bond donors (Lipinski definition) is 1. The molecule has 1 aliphatic heterocycles. The van der Waals surface area contributed by atoms with Crippen molar-refractivity contribution < 1.29 is 14.5 Å². The highest BCUT2D eigenvalue weighted by molar-refractivity contribution is 7.10. The minimum absolute atomic E-state index is 0.0885. The minimum atomic E-state index is -0.473. The zero-order valence-corrected chi connectivity index (χ0v) is 16.2. The first kappa shape index (κ1) is 19.3. The van der Waals surface area contributed by atoms with Gasteiger partial charge < -0.3 is 15.0 Å². The van der Waals surface area contributed by atoms with Crippen LogP contribution in [0.5, 0.6) is 0 Å². The number of rotatable bonds is 6. The second kappa shape index (κ2) is 8.49. The summed E-state index contributed by atoms with van der Waals surface area (Å²) in [5.41, 5.74) is 0.942. The van der Waals surface area contributed by atoms with Crippen LogP contribution in [0, 0.1) is 16.0 Å². The molecule has 0 saturated carbocycles. The third-order valence-electron chi connectivity index (χ3n) is 4.59. The predicted molar refractivity (Wildman–Crippen MR) is 105 cm³/mol. The van der Waals surface area contributed by atoms with Crippen molar-refractivity contribution in [1.82, 2.24) is 5.32 Å². The van der Waals surface area contributed by atoms with Crippen LogP contribution in [0.3, 0.4) is 0 Å². The number of ether oxygens (including phenoxy) is 1. The maximum Gasteiger partial charge on any atom is 0.270 e. The third kappa shape index (κ3) is 4.45. The van der Waals surface area contributed by atoms with E-state index in [1.54, 1.807) is 17.4 Å². The van der Waals surface area contributed by atoms with E-state index in [4.69, 9.17) is 4.74 Å². The van der Waals surface area contributed by atoms with Crippen LogP contribution in [0.1, 0.15) is 35.1 Å². The van der Waals surface area contributed by atoms with E-state index >= 15 is 0 Å². The van der Waals surface area contributed by atoms with Crippen molar-refractivity contribution in [3.8, 4) is 0 Å². The highest BCUT2D eigenvalue weighted by atomic mass is 32.1. The predicted octanol–water partition coefficient (Wildman–Crippen LogP) is 3.62. The van der Waals surface area contributed by atoms with Gasteiger partial charge in [0.05, 0.1) is 35.4 Å². The molecule has 0 aliphatic carbocycles. The Morgan fingerprint density at radius 1 is 1.30 bits per heavy atom. The maximum atomic E-state index is 13.1. The monoisotopic (exact) mass is 389 g/mol. The van der Waals surface area contributed by atoms with E-state index < -0.39 is 4.92 Å². The number of amides is 1. The summed E-state index contributed by atoms with van der Waals surface area (Å²) in [5, 5.41) is 16.3. The molecule has 1 saturated heterocycles. The van der Waals surface area contributed by atoms with Gasteiger partial charge in [-0.25, -0.2) is 0 Å². The largest absolute Gasteiger partial charge is 0.378 e. The van der Waals surface area contributed by atoms with Crippen LogP contribution in [0.2, 0.25) is 0 Å². The van der Waals surface area contributed by atoms with Crippen molar-refractivity contribution in [2.24, 2.45) is 5.92 Å². The van der Waals surface area contributed by atoms with Crippen LogP contribution >= 0.6 is 11.3 Å². The van der Waals surface area contributed by atoms with Gasteiger partial charge in [-0.3, -0.25) is 14.9 Å². The lowest BCUT2D eigenvalue weighted by molar-refractivity contribution is -0.384. The molecular formula is C19H23N3O4S. The van der Waals surface area contributed by atoms with Crippen molar-refractivity contribution in [2.75, 3.05) is 31.2 Å². The molecule has 1 aromatic heterocycles. The fraction of sp³-hybridized carbons (Fsp3) is 0.421. The fourth-order valence-corrected chi connectivity index (χ4v) is 4.10. The first-order valence-corrected chi connectivity index (χ1v) is 9.80. The Hall–Kier alpha value is -2.45. The van der Waals surface area contributed by atoms with Gasteiger partial charge in [0.2, 0.25) is 0 Å². The van der Waals surface area contributed by atoms with Gasteiger partial charge in [-0.05, 0) is 23.4 Å². The molecule has 0 bridgehead atoms. The Morgan fingerprint density at radius 2 is 2.04 bits per heavy atom. The molecule has 0 unspecified atom stereocenters. The normalized spacial score (nSPS) is 15.6. The van der Waals surface area contributed by atoms with E-state index in [1.807, 2.05) is 36.3 Å². The Bertz CT molecular complexity index is 801. The number of carbonyl (C=O) groups excluding carboxylic acids is 1. The van der Waals surface area contributed by atoms with Crippen LogP contribution in [0.25, 0.3) is 0 Å². The molecule has 1 N–H and O–H groups in total. The number of anilines is 1. The summed E-state index contributed by atoms with van der Waals surface area (Å²) >= 11 is 1.59. The average molecular weight is 389 g/mol. The SMILES string of the molecule is CC(C)[C@@H](NC(=O)c1cc([N+](=O)[O-])ccc1N1CCOCC1)c1cccs1. The zero-order valence-electron chi connectivity index (χ0n) is 15.4. The molecule has 7 nitrogen and oxygen atoms in total. The highest BCUT2D eigenvalue weighted by Gasteiger charge is 2.25. The van der Waals surface area contributed by atoms with E-state index in [-0.39, 0.29) is 23.6 Å². The van der Waals surface area contributed by atoms with Gasteiger partial charge in [-0.15, -0.1) is 11.3 Å². The molecule has 1 aromatic carbocycles. The van der Waals surface area contributed by atoms with E-state index in [1.165, 1.54) is 12.1 Å². The van der Waals surface area contributed by atoms with Crippen molar-refractivity contribution in [2.45, 2.75) is 19.9 Å². The van der Waals surface area contributed by atoms with Crippen molar-refractivity contribution in [3.05, 3.63) is 56.3 Å². The second-order valence-electron chi connectivity index (χ2n) is 6.77. The van der Waals surface area contributed by atoms with E-state index in [2.05, 4.69) is 5.32 Å². The molecule has 8 heteroatoms. The second-order valence-corrected chi connectivity index (χ2v) is 7.75. The summed E-state index contributed by atoms with van der Waals surface area (Å²) in [6.45, 7) is 6.53. The van der Waals surface area contributed by atoms with Gasteiger partial charge in [0, 0.05) is 30.1 Å². The maximum absolute atomic E-state index is 13.1.